The number of nitrogens with zero attached hydrogens (tertiary/aromatic N) is 2. The van der Waals surface area contributed by atoms with E-state index < -0.39 is 0 Å². The van der Waals surface area contributed by atoms with Crippen LogP contribution in [0.25, 0.3) is 0 Å². The molecule has 0 spiro atoms. The largest absolute Gasteiger partial charge is 0.392 e. The van der Waals surface area contributed by atoms with Crippen LogP contribution >= 0.6 is 15.9 Å². The summed E-state index contributed by atoms with van der Waals surface area (Å²) in [5, 5.41) is 9.62. The molecule has 72 valence electrons. The van der Waals surface area contributed by atoms with Gasteiger partial charge in [-0.15, -0.1) is 0 Å². The second-order valence-corrected chi connectivity index (χ2v) is 3.87. The first kappa shape index (κ1) is 10.6. The Kier molecular flexibility index (Phi) is 3.81. The molecule has 0 aliphatic carbocycles. The molecule has 0 aromatic carbocycles. The first-order valence-electron chi connectivity index (χ1n) is 4.30. The second-order valence-electron chi connectivity index (χ2n) is 3.02. The van der Waals surface area contributed by atoms with Crippen molar-refractivity contribution < 1.29 is 5.11 Å². The normalized spacial score (nSPS) is 15.4. The first-order chi connectivity index (χ1) is 6.16. The smallest absolute Gasteiger partial charge is 0.115 e. The molecule has 0 bridgehead atoms. The van der Waals surface area contributed by atoms with Gasteiger partial charge in [-0.2, -0.15) is 0 Å². The maximum Gasteiger partial charge on any atom is 0.115 e. The predicted octanol–water partition coefficient (Wildman–Crippen LogP) is 2.11. The predicted molar refractivity (Wildman–Crippen MR) is 54.4 cm³/mol. The highest BCUT2D eigenvalue weighted by molar-refractivity contribution is 9.10. The van der Waals surface area contributed by atoms with Crippen LogP contribution in [0.2, 0.25) is 0 Å². The van der Waals surface area contributed by atoms with Gasteiger partial charge in [0.2, 0.25) is 0 Å². The summed E-state index contributed by atoms with van der Waals surface area (Å²) in [6, 6.07) is 0. The number of halogens is 1. The van der Waals surface area contributed by atoms with E-state index in [9.17, 15) is 5.11 Å². The van der Waals surface area contributed by atoms with Crippen molar-refractivity contribution in [1.82, 2.24) is 9.97 Å². The topological polar surface area (TPSA) is 46.0 Å². The molecule has 0 fully saturated rings. The van der Waals surface area contributed by atoms with E-state index in [1.807, 2.05) is 13.8 Å². The van der Waals surface area contributed by atoms with E-state index >= 15 is 0 Å². The fourth-order valence-corrected chi connectivity index (χ4v) is 1.77. The molecular formula is C9H13BrN2O. The van der Waals surface area contributed by atoms with E-state index in [1.165, 1.54) is 6.33 Å². The SMILES string of the molecule is CCC(O)C(C)c1ncncc1Br. The van der Waals surface area contributed by atoms with Crippen molar-refractivity contribution in [3.63, 3.8) is 0 Å². The zero-order valence-corrected chi connectivity index (χ0v) is 9.32. The molecule has 1 heterocycles. The number of aromatic nitrogens is 2. The van der Waals surface area contributed by atoms with Crippen molar-refractivity contribution in [2.45, 2.75) is 32.3 Å². The van der Waals surface area contributed by atoms with Crippen LogP contribution in [0.3, 0.4) is 0 Å². The Bertz CT molecular complexity index is 280. The summed E-state index contributed by atoms with van der Waals surface area (Å²) >= 11 is 3.36. The van der Waals surface area contributed by atoms with Crippen LogP contribution in [0.15, 0.2) is 17.0 Å². The van der Waals surface area contributed by atoms with Crippen LogP contribution in [0.1, 0.15) is 31.9 Å². The van der Waals surface area contributed by atoms with E-state index in [-0.39, 0.29) is 12.0 Å². The quantitative estimate of drug-likeness (QED) is 0.887. The van der Waals surface area contributed by atoms with Gasteiger partial charge in [-0.25, -0.2) is 9.97 Å². The fourth-order valence-electron chi connectivity index (χ4n) is 1.19. The van der Waals surface area contributed by atoms with Crippen molar-refractivity contribution in [1.29, 1.82) is 0 Å². The third-order valence-corrected chi connectivity index (χ3v) is 2.73. The van der Waals surface area contributed by atoms with Crippen LogP contribution < -0.4 is 0 Å². The number of hydrogen-bond donors (Lipinski definition) is 1. The van der Waals surface area contributed by atoms with Crippen molar-refractivity contribution >= 4 is 15.9 Å². The maximum absolute atomic E-state index is 9.62. The van der Waals surface area contributed by atoms with Crippen LogP contribution in [-0.2, 0) is 0 Å². The zero-order chi connectivity index (χ0) is 9.84. The van der Waals surface area contributed by atoms with Crippen molar-refractivity contribution in [3.8, 4) is 0 Å². The molecule has 3 nitrogen and oxygen atoms in total. The van der Waals surface area contributed by atoms with Gasteiger partial charge in [-0.3, -0.25) is 0 Å². The summed E-state index contributed by atoms with van der Waals surface area (Å²) in [6.07, 6.45) is 3.59. The van der Waals surface area contributed by atoms with Gasteiger partial charge in [0.25, 0.3) is 0 Å². The van der Waals surface area contributed by atoms with E-state index in [1.54, 1.807) is 6.20 Å². The fraction of sp³-hybridized carbons (Fsp3) is 0.556. The van der Waals surface area contributed by atoms with Gasteiger partial charge in [0, 0.05) is 12.1 Å². The summed E-state index contributed by atoms with van der Waals surface area (Å²) in [6.45, 7) is 3.91. The summed E-state index contributed by atoms with van der Waals surface area (Å²) in [5.74, 6) is 0.0439. The minimum Gasteiger partial charge on any atom is -0.392 e. The number of aliphatic hydroxyl groups is 1. The molecule has 0 saturated heterocycles. The van der Waals surface area contributed by atoms with Gasteiger partial charge in [0.05, 0.1) is 16.3 Å². The monoisotopic (exact) mass is 244 g/mol. The molecule has 1 aromatic heterocycles. The molecule has 4 heteroatoms. The van der Waals surface area contributed by atoms with Gasteiger partial charge in [0.1, 0.15) is 6.33 Å². The Balaban J connectivity index is 2.88. The Labute approximate surface area is 86.4 Å². The van der Waals surface area contributed by atoms with Crippen molar-refractivity contribution in [2.75, 3.05) is 0 Å². The molecule has 2 atom stereocenters. The van der Waals surface area contributed by atoms with Crippen LogP contribution in [0, 0.1) is 0 Å². The summed E-state index contributed by atoms with van der Waals surface area (Å²) < 4.78 is 0.856. The minimum atomic E-state index is -0.341. The van der Waals surface area contributed by atoms with E-state index in [0.717, 1.165) is 16.6 Å². The standard InChI is InChI=1S/C9H13BrN2O/c1-3-8(13)6(2)9-7(10)4-11-5-12-9/h4-6,8,13H,3H2,1-2H3. The highest BCUT2D eigenvalue weighted by atomic mass is 79.9. The summed E-state index contributed by atoms with van der Waals surface area (Å²) in [5.41, 5.74) is 0.865. The van der Waals surface area contributed by atoms with Gasteiger partial charge < -0.3 is 5.11 Å². The number of rotatable bonds is 3. The maximum atomic E-state index is 9.62. The number of aliphatic hydroxyl groups excluding tert-OH is 1. The second kappa shape index (κ2) is 4.67. The molecular weight excluding hydrogens is 232 g/mol. The molecule has 0 aliphatic rings. The molecule has 0 saturated carbocycles. The summed E-state index contributed by atoms with van der Waals surface area (Å²) in [4.78, 5) is 8.00. The molecule has 0 aliphatic heterocycles. The van der Waals surface area contributed by atoms with Gasteiger partial charge in [-0.05, 0) is 22.4 Å². The lowest BCUT2D eigenvalue weighted by atomic mass is 9.99. The van der Waals surface area contributed by atoms with Crippen LogP contribution in [0.5, 0.6) is 0 Å². The van der Waals surface area contributed by atoms with Gasteiger partial charge in [-0.1, -0.05) is 13.8 Å². The lowest BCUT2D eigenvalue weighted by molar-refractivity contribution is 0.143. The minimum absolute atomic E-state index is 0.0439. The molecule has 1 rings (SSSR count). The molecule has 1 aromatic rings. The molecule has 1 N–H and O–H groups in total. The van der Waals surface area contributed by atoms with E-state index in [4.69, 9.17) is 0 Å². The average Bonchev–Trinajstić information content (AvgIpc) is 2.16. The Hall–Kier alpha value is -0.480. The number of hydrogen-bond acceptors (Lipinski definition) is 3. The van der Waals surface area contributed by atoms with Crippen LogP contribution in [-0.4, -0.2) is 21.2 Å². The van der Waals surface area contributed by atoms with E-state index in [0.29, 0.717) is 0 Å². The first-order valence-corrected chi connectivity index (χ1v) is 5.09. The molecule has 2 unspecified atom stereocenters. The zero-order valence-electron chi connectivity index (χ0n) is 7.74. The molecule has 0 amide bonds. The average molecular weight is 245 g/mol. The lowest BCUT2D eigenvalue weighted by Gasteiger charge is -2.17. The Morgan fingerprint density at radius 3 is 2.85 bits per heavy atom. The lowest BCUT2D eigenvalue weighted by Crippen LogP contribution is -2.16. The van der Waals surface area contributed by atoms with Gasteiger partial charge in [0.15, 0.2) is 0 Å². The Morgan fingerprint density at radius 1 is 1.62 bits per heavy atom. The van der Waals surface area contributed by atoms with Crippen LogP contribution in [0.4, 0.5) is 0 Å². The molecule has 0 radical (unpaired) electrons. The molecule has 13 heavy (non-hydrogen) atoms. The third-order valence-electron chi connectivity index (χ3n) is 2.12. The van der Waals surface area contributed by atoms with Crippen molar-refractivity contribution in [2.24, 2.45) is 0 Å². The summed E-state index contributed by atoms with van der Waals surface area (Å²) in [7, 11) is 0. The highest BCUT2D eigenvalue weighted by Gasteiger charge is 2.17. The van der Waals surface area contributed by atoms with E-state index in [2.05, 4.69) is 25.9 Å². The highest BCUT2D eigenvalue weighted by Crippen LogP contribution is 2.25. The van der Waals surface area contributed by atoms with Gasteiger partial charge >= 0.3 is 0 Å². The van der Waals surface area contributed by atoms with Crippen molar-refractivity contribution in [3.05, 3.63) is 22.7 Å². The Morgan fingerprint density at radius 2 is 2.31 bits per heavy atom. The third kappa shape index (κ3) is 2.48.